The van der Waals surface area contributed by atoms with Crippen LogP contribution in [-0.4, -0.2) is 40.7 Å². The Morgan fingerprint density at radius 3 is 2.63 bits per heavy atom. The number of amides is 1. The number of rotatable bonds is 4. The summed E-state index contributed by atoms with van der Waals surface area (Å²) in [6.07, 6.45) is 2.07. The molecule has 1 aromatic heterocycles. The molecule has 1 saturated heterocycles. The predicted molar refractivity (Wildman–Crippen MR) is 99.5 cm³/mol. The van der Waals surface area contributed by atoms with Crippen molar-refractivity contribution in [3.8, 4) is 0 Å². The second-order valence-corrected chi connectivity index (χ2v) is 7.97. The number of carbonyl (C=O) groups excluding carboxylic acids is 1. The maximum Gasteiger partial charge on any atom is 0.262 e. The molecule has 2 atom stereocenters. The number of hydrogen-bond acceptors (Lipinski definition) is 4. The molecule has 4 nitrogen and oxygen atoms in total. The predicted octanol–water partition coefficient (Wildman–Crippen LogP) is 4.33. The van der Waals surface area contributed by atoms with Crippen molar-refractivity contribution in [1.29, 1.82) is 0 Å². The third-order valence-electron chi connectivity index (χ3n) is 4.65. The Morgan fingerprint density at radius 2 is 1.96 bits per heavy atom. The van der Waals surface area contributed by atoms with Gasteiger partial charge in [0.05, 0.1) is 5.03 Å². The Bertz CT molecular complexity index is 826. The van der Waals surface area contributed by atoms with Gasteiger partial charge in [-0.25, -0.2) is 18.2 Å². The Hall–Kier alpha value is -2.06. The normalized spacial score (nSPS) is 20.5. The van der Waals surface area contributed by atoms with E-state index < -0.39 is 28.9 Å². The first kappa shape index (κ1) is 19.7. The number of hydrogen-bond donors (Lipinski definition) is 1. The van der Waals surface area contributed by atoms with Crippen LogP contribution in [-0.2, 0) is 0 Å². The number of aromatic nitrogens is 1. The average Bonchev–Trinajstić information content (AvgIpc) is 2.57. The summed E-state index contributed by atoms with van der Waals surface area (Å²) in [6.45, 7) is 3.20. The van der Waals surface area contributed by atoms with Gasteiger partial charge in [-0.15, -0.1) is 11.8 Å². The molecule has 1 aliphatic heterocycles. The van der Waals surface area contributed by atoms with Crippen molar-refractivity contribution in [2.24, 2.45) is 0 Å². The number of piperidine rings is 1. The fourth-order valence-corrected chi connectivity index (χ4v) is 4.26. The summed E-state index contributed by atoms with van der Waals surface area (Å²) in [7, 11) is 2.10. The van der Waals surface area contributed by atoms with Crippen LogP contribution in [0.2, 0.25) is 0 Å². The zero-order valence-corrected chi connectivity index (χ0v) is 15.8. The third kappa shape index (κ3) is 4.81. The van der Waals surface area contributed by atoms with E-state index in [-0.39, 0.29) is 5.82 Å². The van der Waals surface area contributed by atoms with E-state index in [0.717, 1.165) is 24.4 Å². The van der Waals surface area contributed by atoms with E-state index in [1.54, 1.807) is 23.9 Å². The number of carbonyl (C=O) groups is 1. The van der Waals surface area contributed by atoms with Crippen LogP contribution in [0, 0.1) is 17.5 Å². The van der Waals surface area contributed by atoms with Crippen molar-refractivity contribution in [2.45, 2.75) is 36.1 Å². The smallest absolute Gasteiger partial charge is 0.262 e. The molecule has 0 bridgehead atoms. The summed E-state index contributed by atoms with van der Waals surface area (Å²) in [6, 6.07) is 6.53. The number of pyridine rings is 1. The van der Waals surface area contributed by atoms with Gasteiger partial charge in [-0.1, -0.05) is 6.07 Å². The molecular weight excluding hydrogens is 375 g/mol. The molecule has 0 radical (unpaired) electrons. The van der Waals surface area contributed by atoms with Crippen molar-refractivity contribution < 1.29 is 18.0 Å². The van der Waals surface area contributed by atoms with Crippen molar-refractivity contribution >= 4 is 23.5 Å². The van der Waals surface area contributed by atoms with Crippen molar-refractivity contribution in [1.82, 2.24) is 9.88 Å². The van der Waals surface area contributed by atoms with Gasteiger partial charge in [0.15, 0.2) is 0 Å². The van der Waals surface area contributed by atoms with Crippen LogP contribution in [0.5, 0.6) is 0 Å². The van der Waals surface area contributed by atoms with Crippen LogP contribution in [0.3, 0.4) is 0 Å². The molecule has 1 amide bonds. The molecule has 27 heavy (non-hydrogen) atoms. The molecule has 0 aliphatic carbocycles. The van der Waals surface area contributed by atoms with E-state index >= 15 is 0 Å². The highest BCUT2D eigenvalue weighted by Crippen LogP contribution is 2.31. The van der Waals surface area contributed by atoms with Gasteiger partial charge in [-0.05, 0) is 45.5 Å². The van der Waals surface area contributed by atoms with E-state index in [1.165, 1.54) is 0 Å². The third-order valence-corrected chi connectivity index (χ3v) is 5.88. The van der Waals surface area contributed by atoms with E-state index in [9.17, 15) is 18.0 Å². The maximum atomic E-state index is 13.8. The van der Waals surface area contributed by atoms with Gasteiger partial charge in [0.2, 0.25) is 0 Å². The summed E-state index contributed by atoms with van der Waals surface area (Å²) in [5.41, 5.74) is -0.833. The first-order valence-corrected chi connectivity index (χ1v) is 9.51. The number of halogens is 3. The maximum absolute atomic E-state index is 13.8. The zero-order chi connectivity index (χ0) is 19.6. The van der Waals surface area contributed by atoms with Crippen LogP contribution >= 0.6 is 11.8 Å². The number of nitrogens with zero attached hydrogens (tertiary/aromatic N) is 2. The SMILES string of the molecule is CC1CC(Sc2cccc(NC(=O)c3c(F)cc(F)cc3F)n2)CCN1C. The molecule has 3 rings (SSSR count). The highest BCUT2D eigenvalue weighted by atomic mass is 32.2. The lowest BCUT2D eigenvalue weighted by atomic mass is 10.0. The van der Waals surface area contributed by atoms with Crippen molar-refractivity contribution in [2.75, 3.05) is 18.9 Å². The lowest BCUT2D eigenvalue weighted by Crippen LogP contribution is -2.38. The number of nitrogens with one attached hydrogen (secondary N) is 1. The van der Waals surface area contributed by atoms with Crippen molar-refractivity contribution in [3.05, 3.63) is 53.3 Å². The van der Waals surface area contributed by atoms with Gasteiger partial charge in [0.25, 0.3) is 5.91 Å². The van der Waals surface area contributed by atoms with Crippen LogP contribution in [0.25, 0.3) is 0 Å². The number of anilines is 1. The lowest BCUT2D eigenvalue weighted by molar-refractivity contribution is 0.101. The highest BCUT2D eigenvalue weighted by Gasteiger charge is 2.24. The van der Waals surface area contributed by atoms with Gasteiger partial charge in [0, 0.05) is 23.4 Å². The lowest BCUT2D eigenvalue weighted by Gasteiger charge is -2.34. The zero-order valence-electron chi connectivity index (χ0n) is 15.0. The van der Waals surface area contributed by atoms with E-state index in [2.05, 4.69) is 29.2 Å². The Labute approximate surface area is 160 Å². The summed E-state index contributed by atoms with van der Waals surface area (Å²) in [5.74, 6) is -4.40. The molecule has 2 aromatic rings. The number of thioether (sulfide) groups is 1. The highest BCUT2D eigenvalue weighted by molar-refractivity contribution is 7.99. The summed E-state index contributed by atoms with van der Waals surface area (Å²) in [5, 5.41) is 3.53. The molecule has 0 saturated carbocycles. The van der Waals surface area contributed by atoms with Gasteiger partial charge in [-0.2, -0.15) is 0 Å². The molecule has 2 unspecified atom stereocenters. The molecule has 1 aliphatic rings. The molecule has 1 fully saturated rings. The van der Waals surface area contributed by atoms with Crippen LogP contribution in [0.1, 0.15) is 30.1 Å². The van der Waals surface area contributed by atoms with Gasteiger partial charge in [-0.3, -0.25) is 4.79 Å². The second-order valence-electron chi connectivity index (χ2n) is 6.65. The molecule has 144 valence electrons. The molecule has 0 spiro atoms. The van der Waals surface area contributed by atoms with E-state index in [1.807, 2.05) is 6.07 Å². The molecule has 1 N–H and O–H groups in total. The van der Waals surface area contributed by atoms with Gasteiger partial charge < -0.3 is 10.2 Å². The summed E-state index contributed by atoms with van der Waals surface area (Å²) < 4.78 is 40.5. The average molecular weight is 395 g/mol. The topological polar surface area (TPSA) is 45.2 Å². The van der Waals surface area contributed by atoms with E-state index in [4.69, 9.17) is 0 Å². The molecule has 1 aromatic carbocycles. The van der Waals surface area contributed by atoms with Crippen LogP contribution in [0.15, 0.2) is 35.4 Å². The quantitative estimate of drug-likeness (QED) is 0.837. The fraction of sp³-hybridized carbons (Fsp3) is 0.368. The molecule has 2 heterocycles. The largest absolute Gasteiger partial charge is 0.306 e. The summed E-state index contributed by atoms with van der Waals surface area (Å²) in [4.78, 5) is 18.8. The Balaban J connectivity index is 1.70. The van der Waals surface area contributed by atoms with Crippen LogP contribution in [0.4, 0.5) is 19.0 Å². The first-order chi connectivity index (χ1) is 12.8. The molecule has 8 heteroatoms. The molecular formula is C19H20F3N3OS. The minimum absolute atomic E-state index is 0.189. The fourth-order valence-electron chi connectivity index (χ4n) is 3.01. The Kier molecular flexibility index (Phi) is 6.06. The van der Waals surface area contributed by atoms with Gasteiger partial charge in [0.1, 0.15) is 28.8 Å². The number of likely N-dealkylation sites (tertiary alicyclic amines) is 1. The van der Waals surface area contributed by atoms with Gasteiger partial charge >= 0.3 is 0 Å². The summed E-state index contributed by atoms with van der Waals surface area (Å²) >= 11 is 1.63. The first-order valence-electron chi connectivity index (χ1n) is 8.63. The Morgan fingerprint density at radius 1 is 1.26 bits per heavy atom. The number of benzene rings is 1. The van der Waals surface area contributed by atoms with E-state index in [0.29, 0.717) is 23.4 Å². The van der Waals surface area contributed by atoms with Crippen LogP contribution < -0.4 is 5.32 Å². The minimum Gasteiger partial charge on any atom is -0.306 e. The minimum atomic E-state index is -1.25. The monoisotopic (exact) mass is 395 g/mol. The second kappa shape index (κ2) is 8.31. The standard InChI is InChI=1S/C19H20F3N3OS/c1-11-8-13(6-7-25(11)2)27-17-5-3-4-16(23-17)24-19(26)18-14(21)9-12(20)10-15(18)22/h3-5,9-11,13H,6-8H2,1-2H3,(H,23,24,26). The van der Waals surface area contributed by atoms with Crippen molar-refractivity contribution in [3.63, 3.8) is 0 Å².